The number of carboxylic acids is 1. The van der Waals surface area contributed by atoms with Crippen LogP contribution in [-0.4, -0.2) is 70.9 Å². The second-order valence-electron chi connectivity index (χ2n) is 6.31. The molecule has 1 aliphatic rings. The Morgan fingerprint density at radius 1 is 1.22 bits per heavy atom. The molecule has 0 aromatic rings. The van der Waals surface area contributed by atoms with Gasteiger partial charge in [-0.15, -0.1) is 0 Å². The third-order valence-corrected chi connectivity index (χ3v) is 4.14. The molecule has 3 amide bonds. The minimum absolute atomic E-state index is 0.0462. The minimum Gasteiger partial charge on any atom is -0.480 e. The largest absolute Gasteiger partial charge is 0.480 e. The van der Waals surface area contributed by atoms with Gasteiger partial charge in [0.05, 0.1) is 12.5 Å². The fraction of sp³-hybridized carbons (Fsp3) is 0.667. The Kier molecular flexibility index (Phi) is 8.45. The van der Waals surface area contributed by atoms with Crippen molar-refractivity contribution >= 4 is 29.7 Å². The molecule has 12 heteroatoms. The zero-order valence-electron chi connectivity index (χ0n) is 15.0. The molecule has 0 spiro atoms. The maximum atomic E-state index is 12.5. The summed E-state index contributed by atoms with van der Waals surface area (Å²) in [4.78, 5) is 52.2. The third kappa shape index (κ3) is 7.09. The molecular weight excluding hydrogens is 358 g/mol. The van der Waals surface area contributed by atoms with E-state index in [9.17, 15) is 19.2 Å². The van der Waals surface area contributed by atoms with E-state index in [0.29, 0.717) is 38.8 Å². The van der Waals surface area contributed by atoms with Crippen molar-refractivity contribution in [2.24, 2.45) is 27.9 Å². The second-order valence-corrected chi connectivity index (χ2v) is 6.31. The van der Waals surface area contributed by atoms with Gasteiger partial charge in [0.1, 0.15) is 12.1 Å². The molecule has 152 valence electrons. The summed E-state index contributed by atoms with van der Waals surface area (Å²) in [6.45, 7) is 0.673. The number of likely N-dealkylation sites (tertiary alicyclic amines) is 1. The quantitative estimate of drug-likeness (QED) is 0.127. The van der Waals surface area contributed by atoms with Gasteiger partial charge >= 0.3 is 5.97 Å². The first-order valence-electron chi connectivity index (χ1n) is 8.56. The van der Waals surface area contributed by atoms with Gasteiger partial charge in [-0.1, -0.05) is 0 Å². The van der Waals surface area contributed by atoms with Crippen LogP contribution in [-0.2, 0) is 19.2 Å². The number of aliphatic imine (C=N–C) groups is 1. The predicted molar refractivity (Wildman–Crippen MR) is 96.0 cm³/mol. The van der Waals surface area contributed by atoms with Gasteiger partial charge in [0.25, 0.3) is 0 Å². The summed E-state index contributed by atoms with van der Waals surface area (Å²) in [7, 11) is 0. The summed E-state index contributed by atoms with van der Waals surface area (Å²) in [5, 5.41) is 11.3. The molecule has 0 bridgehead atoms. The highest BCUT2D eigenvalue weighted by Crippen LogP contribution is 2.19. The number of carboxylic acid groups (broad SMARTS) is 1. The van der Waals surface area contributed by atoms with E-state index in [0.717, 1.165) is 0 Å². The number of amides is 3. The van der Waals surface area contributed by atoms with Crippen LogP contribution >= 0.6 is 0 Å². The van der Waals surface area contributed by atoms with Crippen molar-refractivity contribution < 1.29 is 24.3 Å². The standard InChI is InChI=1S/C15H27N7O5/c16-8(3-1-5-20-15(18)19)13(25)22-6-2-4-10(22)12(24)21-9(14(26)27)7-11(17)23/h8-10H,1-7,16H2,(H2,17,23)(H,21,24)(H,26,27)(H4,18,19,20)/t8-,9-,10-/m0/s1. The summed E-state index contributed by atoms with van der Waals surface area (Å²) < 4.78 is 0. The van der Waals surface area contributed by atoms with Crippen molar-refractivity contribution in [2.45, 2.75) is 50.2 Å². The van der Waals surface area contributed by atoms with Crippen molar-refractivity contribution in [2.75, 3.05) is 13.1 Å². The lowest BCUT2D eigenvalue weighted by Gasteiger charge is -2.27. The molecule has 3 atom stereocenters. The summed E-state index contributed by atoms with van der Waals surface area (Å²) in [5.74, 6) is -3.34. The Bertz CT molecular complexity index is 605. The molecule has 1 fully saturated rings. The normalized spacial score (nSPS) is 18.4. The second kappa shape index (κ2) is 10.3. The lowest BCUT2D eigenvalue weighted by molar-refractivity contribution is -0.145. The van der Waals surface area contributed by atoms with Crippen molar-refractivity contribution in [3.05, 3.63) is 0 Å². The van der Waals surface area contributed by atoms with Gasteiger partial charge < -0.3 is 38.3 Å². The van der Waals surface area contributed by atoms with Gasteiger partial charge in [0.15, 0.2) is 5.96 Å². The lowest BCUT2D eigenvalue weighted by Crippen LogP contribution is -2.54. The first-order chi connectivity index (χ1) is 12.6. The van der Waals surface area contributed by atoms with Crippen LogP contribution in [0.25, 0.3) is 0 Å². The van der Waals surface area contributed by atoms with E-state index in [2.05, 4.69) is 10.3 Å². The van der Waals surface area contributed by atoms with Crippen LogP contribution in [0.15, 0.2) is 4.99 Å². The van der Waals surface area contributed by atoms with Crippen molar-refractivity contribution in [3.63, 3.8) is 0 Å². The van der Waals surface area contributed by atoms with Crippen LogP contribution in [0, 0.1) is 0 Å². The van der Waals surface area contributed by atoms with Crippen LogP contribution in [0.4, 0.5) is 0 Å². The van der Waals surface area contributed by atoms with Crippen LogP contribution in [0.5, 0.6) is 0 Å². The number of rotatable bonds is 10. The SMILES string of the molecule is NC(=O)C[C@H](NC(=O)[C@@H]1CCCN1C(=O)[C@@H](N)CCCN=C(N)N)C(=O)O. The monoisotopic (exact) mass is 385 g/mol. The van der Waals surface area contributed by atoms with E-state index in [4.69, 9.17) is 28.0 Å². The van der Waals surface area contributed by atoms with Crippen LogP contribution in [0.3, 0.4) is 0 Å². The van der Waals surface area contributed by atoms with E-state index in [1.807, 2.05) is 0 Å². The summed E-state index contributed by atoms with van der Waals surface area (Å²) in [6.07, 6.45) is 1.25. The first-order valence-corrected chi connectivity index (χ1v) is 8.56. The first kappa shape index (κ1) is 22.2. The number of hydrogen-bond donors (Lipinski definition) is 6. The molecule has 1 saturated heterocycles. The molecule has 0 aromatic heterocycles. The molecule has 0 unspecified atom stereocenters. The number of aliphatic carboxylic acids is 1. The Morgan fingerprint density at radius 2 is 1.89 bits per heavy atom. The van der Waals surface area contributed by atoms with Gasteiger partial charge in [-0.05, 0) is 25.7 Å². The average Bonchev–Trinajstić information content (AvgIpc) is 3.06. The number of nitrogens with one attached hydrogen (secondary N) is 1. The predicted octanol–water partition coefficient (Wildman–Crippen LogP) is -3.20. The van der Waals surface area contributed by atoms with Crippen molar-refractivity contribution in [1.82, 2.24) is 10.2 Å². The van der Waals surface area contributed by atoms with Gasteiger partial charge in [0.2, 0.25) is 17.7 Å². The molecule has 0 aliphatic carbocycles. The fourth-order valence-corrected chi connectivity index (χ4v) is 2.83. The lowest BCUT2D eigenvalue weighted by atomic mass is 10.1. The topological polar surface area (TPSA) is 220 Å². The van der Waals surface area contributed by atoms with Gasteiger partial charge in [-0.3, -0.25) is 19.4 Å². The molecule has 1 aliphatic heterocycles. The summed E-state index contributed by atoms with van der Waals surface area (Å²) >= 11 is 0. The number of carbonyl (C=O) groups is 4. The Morgan fingerprint density at radius 3 is 2.44 bits per heavy atom. The number of primary amides is 1. The van der Waals surface area contributed by atoms with Gasteiger partial charge in [-0.25, -0.2) is 4.79 Å². The molecule has 1 rings (SSSR count). The Labute approximate surface area is 156 Å². The maximum absolute atomic E-state index is 12.5. The highest BCUT2D eigenvalue weighted by atomic mass is 16.4. The molecular formula is C15H27N7O5. The van der Waals surface area contributed by atoms with Crippen LogP contribution < -0.4 is 28.3 Å². The fourth-order valence-electron chi connectivity index (χ4n) is 2.83. The molecule has 0 radical (unpaired) electrons. The molecule has 27 heavy (non-hydrogen) atoms. The average molecular weight is 385 g/mol. The van der Waals surface area contributed by atoms with Gasteiger partial charge in [-0.2, -0.15) is 0 Å². The van der Waals surface area contributed by atoms with Crippen molar-refractivity contribution in [3.8, 4) is 0 Å². The molecule has 1 heterocycles. The highest BCUT2D eigenvalue weighted by Gasteiger charge is 2.37. The molecule has 0 aromatic carbocycles. The van der Waals surface area contributed by atoms with E-state index in [-0.39, 0.29) is 5.96 Å². The van der Waals surface area contributed by atoms with Crippen LogP contribution in [0.1, 0.15) is 32.1 Å². The van der Waals surface area contributed by atoms with Crippen molar-refractivity contribution in [1.29, 1.82) is 0 Å². The Balaban J connectivity index is 2.66. The molecule has 12 nitrogen and oxygen atoms in total. The number of carbonyl (C=O) groups excluding carboxylic acids is 3. The highest BCUT2D eigenvalue weighted by molar-refractivity contribution is 5.93. The van der Waals surface area contributed by atoms with Gasteiger partial charge in [0, 0.05) is 13.1 Å². The number of nitrogens with two attached hydrogens (primary N) is 4. The number of hydrogen-bond acceptors (Lipinski definition) is 6. The van der Waals surface area contributed by atoms with Crippen LogP contribution in [0.2, 0.25) is 0 Å². The zero-order chi connectivity index (χ0) is 20.6. The third-order valence-electron chi connectivity index (χ3n) is 4.14. The molecule has 0 saturated carbocycles. The molecule has 10 N–H and O–H groups in total. The number of guanidine groups is 1. The summed E-state index contributed by atoms with van der Waals surface area (Å²) in [6, 6.07) is -3.11. The van der Waals surface area contributed by atoms with E-state index < -0.39 is 48.2 Å². The smallest absolute Gasteiger partial charge is 0.326 e. The Hall–Kier alpha value is -2.89. The number of nitrogens with zero attached hydrogens (tertiary/aromatic N) is 2. The summed E-state index contributed by atoms with van der Waals surface area (Å²) in [5.41, 5.74) is 21.3. The van der Waals surface area contributed by atoms with E-state index in [1.165, 1.54) is 4.90 Å². The maximum Gasteiger partial charge on any atom is 0.326 e. The van der Waals surface area contributed by atoms with E-state index >= 15 is 0 Å². The minimum atomic E-state index is -1.44. The zero-order valence-corrected chi connectivity index (χ0v) is 15.0. The van der Waals surface area contributed by atoms with E-state index in [1.54, 1.807) is 0 Å².